The Hall–Kier alpha value is -3.72. The highest BCUT2D eigenvalue weighted by molar-refractivity contribution is 5.71. The summed E-state index contributed by atoms with van der Waals surface area (Å²) >= 11 is 0. The molecule has 0 fully saturated rings. The van der Waals surface area contributed by atoms with E-state index >= 15 is 0 Å². The minimum Gasteiger partial charge on any atom is -0.497 e. The molecule has 0 radical (unpaired) electrons. The number of H-pyrrole nitrogens is 1. The first-order valence-electron chi connectivity index (χ1n) is 8.49. The SMILES string of the molecule is COc1cccc([C@@H]2C(C#N)=C(N)Oc3n[nH]c(-c4ccc(C)cc4)c32)c1. The van der Waals surface area contributed by atoms with Crippen LogP contribution in [-0.4, -0.2) is 17.3 Å². The Morgan fingerprint density at radius 1 is 1.22 bits per heavy atom. The lowest BCUT2D eigenvalue weighted by Crippen LogP contribution is -2.21. The van der Waals surface area contributed by atoms with E-state index in [9.17, 15) is 5.26 Å². The maximum Gasteiger partial charge on any atom is 0.244 e. The number of methoxy groups -OCH3 is 1. The lowest BCUT2D eigenvalue weighted by atomic mass is 9.83. The molecule has 1 aromatic heterocycles. The fraction of sp³-hybridized carbons (Fsp3) is 0.143. The molecule has 0 amide bonds. The van der Waals surface area contributed by atoms with Gasteiger partial charge in [0.2, 0.25) is 11.8 Å². The Morgan fingerprint density at radius 3 is 2.70 bits per heavy atom. The minimum absolute atomic E-state index is 0.0692. The highest BCUT2D eigenvalue weighted by Crippen LogP contribution is 2.46. The van der Waals surface area contributed by atoms with Gasteiger partial charge in [-0.15, -0.1) is 5.10 Å². The van der Waals surface area contributed by atoms with E-state index in [0.29, 0.717) is 17.2 Å². The molecule has 1 aliphatic heterocycles. The first kappa shape index (κ1) is 16.7. The second-order valence-electron chi connectivity index (χ2n) is 6.38. The summed E-state index contributed by atoms with van der Waals surface area (Å²) < 4.78 is 11.0. The number of nitrogens with two attached hydrogens (primary N) is 1. The first-order chi connectivity index (χ1) is 13.1. The van der Waals surface area contributed by atoms with Crippen molar-refractivity contribution in [2.45, 2.75) is 12.8 Å². The lowest BCUT2D eigenvalue weighted by Gasteiger charge is -2.24. The fourth-order valence-corrected chi connectivity index (χ4v) is 3.34. The third kappa shape index (κ3) is 2.79. The molecule has 6 heteroatoms. The molecule has 3 N–H and O–H groups in total. The van der Waals surface area contributed by atoms with Crippen LogP contribution in [0.4, 0.5) is 0 Å². The van der Waals surface area contributed by atoms with Crippen molar-refractivity contribution in [3.05, 3.63) is 76.7 Å². The van der Waals surface area contributed by atoms with Crippen molar-refractivity contribution in [2.24, 2.45) is 5.73 Å². The van der Waals surface area contributed by atoms with Crippen LogP contribution in [0.1, 0.15) is 22.6 Å². The lowest BCUT2D eigenvalue weighted by molar-refractivity contribution is 0.378. The normalized spacial score (nSPS) is 15.7. The van der Waals surface area contributed by atoms with Gasteiger partial charge < -0.3 is 15.2 Å². The smallest absolute Gasteiger partial charge is 0.244 e. The number of aryl methyl sites for hydroxylation is 1. The topological polar surface area (TPSA) is 96.9 Å². The van der Waals surface area contributed by atoms with Crippen molar-refractivity contribution in [1.82, 2.24) is 10.2 Å². The van der Waals surface area contributed by atoms with Gasteiger partial charge in [0.15, 0.2) is 0 Å². The number of hydrogen-bond acceptors (Lipinski definition) is 5. The van der Waals surface area contributed by atoms with Crippen LogP contribution < -0.4 is 15.2 Å². The van der Waals surface area contributed by atoms with E-state index in [1.165, 1.54) is 0 Å². The molecular formula is C21H18N4O2. The van der Waals surface area contributed by atoms with Crippen molar-refractivity contribution >= 4 is 0 Å². The van der Waals surface area contributed by atoms with Gasteiger partial charge in [0.25, 0.3) is 0 Å². The van der Waals surface area contributed by atoms with E-state index in [2.05, 4.69) is 16.3 Å². The average Bonchev–Trinajstić information content (AvgIpc) is 3.10. The van der Waals surface area contributed by atoms with Gasteiger partial charge in [-0.2, -0.15) is 5.26 Å². The van der Waals surface area contributed by atoms with Crippen molar-refractivity contribution in [3.63, 3.8) is 0 Å². The fourth-order valence-electron chi connectivity index (χ4n) is 3.34. The number of aromatic amines is 1. The molecule has 0 spiro atoms. The van der Waals surface area contributed by atoms with E-state index in [1.807, 2.05) is 55.5 Å². The van der Waals surface area contributed by atoms with Crippen LogP contribution in [-0.2, 0) is 0 Å². The molecule has 1 atom stereocenters. The predicted molar refractivity (Wildman–Crippen MR) is 101 cm³/mol. The van der Waals surface area contributed by atoms with Crippen molar-refractivity contribution in [3.8, 4) is 29.0 Å². The molecule has 0 saturated carbocycles. The first-order valence-corrected chi connectivity index (χ1v) is 8.49. The minimum atomic E-state index is -0.399. The van der Waals surface area contributed by atoms with E-state index in [1.54, 1.807) is 7.11 Å². The third-order valence-electron chi connectivity index (χ3n) is 4.71. The summed E-state index contributed by atoms with van der Waals surface area (Å²) in [4.78, 5) is 0. The van der Waals surface area contributed by atoms with Gasteiger partial charge in [-0.25, -0.2) is 0 Å². The van der Waals surface area contributed by atoms with Crippen LogP contribution in [0.5, 0.6) is 11.6 Å². The monoisotopic (exact) mass is 358 g/mol. The van der Waals surface area contributed by atoms with Gasteiger partial charge in [-0.1, -0.05) is 42.0 Å². The molecule has 0 unspecified atom stereocenters. The van der Waals surface area contributed by atoms with E-state index in [4.69, 9.17) is 15.2 Å². The summed E-state index contributed by atoms with van der Waals surface area (Å²) in [5, 5.41) is 17.1. The second-order valence-corrected chi connectivity index (χ2v) is 6.38. The van der Waals surface area contributed by atoms with Crippen molar-refractivity contribution in [2.75, 3.05) is 7.11 Å². The number of benzene rings is 2. The zero-order valence-corrected chi connectivity index (χ0v) is 15.0. The number of allylic oxidation sites excluding steroid dienone is 1. The second kappa shape index (κ2) is 6.54. The molecular weight excluding hydrogens is 340 g/mol. The molecule has 27 heavy (non-hydrogen) atoms. The number of hydrogen-bond donors (Lipinski definition) is 2. The predicted octanol–water partition coefficient (Wildman–Crippen LogP) is 3.61. The average molecular weight is 358 g/mol. The summed E-state index contributed by atoms with van der Waals surface area (Å²) in [7, 11) is 1.61. The standard InChI is InChI=1S/C21H18N4O2/c1-12-6-8-13(9-7-12)19-18-17(14-4-3-5-15(10-14)26-2)16(11-22)20(23)27-21(18)25-24-19/h3-10,17H,23H2,1-2H3,(H,24,25)/t17-/m1/s1. The largest absolute Gasteiger partial charge is 0.497 e. The van der Waals surface area contributed by atoms with Gasteiger partial charge in [0.05, 0.1) is 24.3 Å². The van der Waals surface area contributed by atoms with Crippen LogP contribution in [0, 0.1) is 18.3 Å². The van der Waals surface area contributed by atoms with Crippen LogP contribution in [0.15, 0.2) is 60.0 Å². The zero-order chi connectivity index (χ0) is 19.0. The Bertz CT molecular complexity index is 1070. The summed E-state index contributed by atoms with van der Waals surface area (Å²) in [5.74, 6) is 0.760. The number of ether oxygens (including phenoxy) is 2. The molecule has 1 aliphatic rings. The van der Waals surface area contributed by atoms with Gasteiger partial charge in [0.1, 0.15) is 17.4 Å². The van der Waals surface area contributed by atoms with Crippen LogP contribution >= 0.6 is 0 Å². The third-order valence-corrected chi connectivity index (χ3v) is 4.71. The van der Waals surface area contributed by atoms with Gasteiger partial charge >= 0.3 is 0 Å². The van der Waals surface area contributed by atoms with Gasteiger partial charge in [-0.05, 0) is 24.6 Å². The van der Waals surface area contributed by atoms with Crippen LogP contribution in [0.25, 0.3) is 11.3 Å². The van der Waals surface area contributed by atoms with E-state index in [0.717, 1.165) is 27.9 Å². The molecule has 0 saturated heterocycles. The Kier molecular flexibility index (Phi) is 4.05. The summed E-state index contributed by atoms with van der Waals surface area (Å²) in [6.07, 6.45) is 0. The quantitative estimate of drug-likeness (QED) is 0.745. The van der Waals surface area contributed by atoms with Gasteiger partial charge in [-0.3, -0.25) is 5.10 Å². The summed E-state index contributed by atoms with van der Waals surface area (Å²) in [6.45, 7) is 2.03. The molecule has 0 bridgehead atoms. The number of nitrogens with one attached hydrogen (secondary N) is 1. The van der Waals surface area contributed by atoms with E-state index < -0.39 is 5.92 Å². The number of aromatic nitrogens is 2. The van der Waals surface area contributed by atoms with Crippen LogP contribution in [0.3, 0.4) is 0 Å². The maximum absolute atomic E-state index is 9.75. The molecule has 134 valence electrons. The van der Waals surface area contributed by atoms with Crippen molar-refractivity contribution in [1.29, 1.82) is 5.26 Å². The van der Waals surface area contributed by atoms with E-state index in [-0.39, 0.29) is 5.88 Å². The number of nitriles is 1. The Labute approximate surface area is 156 Å². The Balaban J connectivity index is 1.94. The molecule has 4 rings (SSSR count). The number of rotatable bonds is 3. The van der Waals surface area contributed by atoms with Gasteiger partial charge in [0, 0.05) is 5.56 Å². The van der Waals surface area contributed by atoms with Crippen LogP contribution in [0.2, 0.25) is 0 Å². The highest BCUT2D eigenvalue weighted by Gasteiger charge is 2.35. The number of nitrogens with zero attached hydrogens (tertiary/aromatic N) is 2. The molecule has 6 nitrogen and oxygen atoms in total. The summed E-state index contributed by atoms with van der Waals surface area (Å²) in [5.41, 5.74) is 11.0. The Morgan fingerprint density at radius 2 is 2.00 bits per heavy atom. The number of fused-ring (bicyclic) bond motifs is 1. The highest BCUT2D eigenvalue weighted by atomic mass is 16.5. The molecule has 3 aromatic rings. The molecule has 2 aromatic carbocycles. The zero-order valence-electron chi connectivity index (χ0n) is 15.0. The maximum atomic E-state index is 9.75. The molecule has 0 aliphatic carbocycles. The summed E-state index contributed by atoms with van der Waals surface area (Å²) in [6, 6.07) is 17.9. The molecule has 2 heterocycles. The van der Waals surface area contributed by atoms with Crippen molar-refractivity contribution < 1.29 is 9.47 Å².